The number of aryl methyl sites for hydroxylation is 1. The van der Waals surface area contributed by atoms with E-state index in [1.54, 1.807) is 0 Å². The van der Waals surface area contributed by atoms with E-state index in [4.69, 9.17) is 10.5 Å². The second kappa shape index (κ2) is 7.92. The van der Waals surface area contributed by atoms with Crippen molar-refractivity contribution in [1.82, 2.24) is 5.32 Å². The number of nitrogens with two attached hydrogens (primary N) is 1. The Labute approximate surface area is 115 Å². The minimum Gasteiger partial charge on any atom is -0.379 e. The predicted octanol–water partition coefficient (Wildman–Crippen LogP) is 1.78. The predicted molar refractivity (Wildman–Crippen MR) is 76.8 cm³/mol. The average Bonchev–Trinajstić information content (AvgIpc) is 2.37. The van der Waals surface area contributed by atoms with Crippen molar-refractivity contribution in [2.75, 3.05) is 19.8 Å². The standard InChI is InChI=1S/C15H24N2O2/c1-11(2)10-19-9-8-17-15(18)14(16)13-6-4-12(3)5-7-13/h4-7,11,14H,8-10,16H2,1-3H3,(H,17,18). The van der Waals surface area contributed by atoms with Gasteiger partial charge in [-0.2, -0.15) is 0 Å². The van der Waals surface area contributed by atoms with Crippen LogP contribution < -0.4 is 11.1 Å². The van der Waals surface area contributed by atoms with Crippen molar-refractivity contribution in [2.24, 2.45) is 11.7 Å². The van der Waals surface area contributed by atoms with Crippen molar-refractivity contribution >= 4 is 5.91 Å². The molecule has 4 nitrogen and oxygen atoms in total. The summed E-state index contributed by atoms with van der Waals surface area (Å²) in [7, 11) is 0. The number of amides is 1. The maximum absolute atomic E-state index is 11.8. The Bertz CT molecular complexity index is 388. The van der Waals surface area contributed by atoms with Gasteiger partial charge in [0.15, 0.2) is 0 Å². The normalized spacial score (nSPS) is 12.5. The summed E-state index contributed by atoms with van der Waals surface area (Å²) in [6.07, 6.45) is 0. The fourth-order valence-electron chi connectivity index (χ4n) is 1.60. The van der Waals surface area contributed by atoms with Gasteiger partial charge < -0.3 is 15.8 Å². The summed E-state index contributed by atoms with van der Waals surface area (Å²) in [6.45, 7) is 7.90. The van der Waals surface area contributed by atoms with Gasteiger partial charge in [-0.15, -0.1) is 0 Å². The molecule has 0 aromatic heterocycles. The smallest absolute Gasteiger partial charge is 0.241 e. The third-order valence-electron chi connectivity index (χ3n) is 2.72. The van der Waals surface area contributed by atoms with Crippen LogP contribution >= 0.6 is 0 Å². The highest BCUT2D eigenvalue weighted by Gasteiger charge is 2.14. The molecule has 0 aliphatic heterocycles. The highest BCUT2D eigenvalue weighted by molar-refractivity contribution is 5.82. The minimum atomic E-state index is -0.620. The summed E-state index contributed by atoms with van der Waals surface area (Å²) >= 11 is 0. The van der Waals surface area contributed by atoms with Gasteiger partial charge in [-0.3, -0.25) is 4.79 Å². The molecule has 1 atom stereocenters. The van der Waals surface area contributed by atoms with Gasteiger partial charge in [0.05, 0.1) is 6.61 Å². The molecule has 0 saturated heterocycles. The Morgan fingerprint density at radius 1 is 1.32 bits per heavy atom. The van der Waals surface area contributed by atoms with E-state index >= 15 is 0 Å². The highest BCUT2D eigenvalue weighted by atomic mass is 16.5. The van der Waals surface area contributed by atoms with Crippen LogP contribution in [0.1, 0.15) is 31.0 Å². The monoisotopic (exact) mass is 264 g/mol. The first-order valence-corrected chi connectivity index (χ1v) is 6.68. The average molecular weight is 264 g/mol. The van der Waals surface area contributed by atoms with Crippen molar-refractivity contribution in [1.29, 1.82) is 0 Å². The molecule has 0 aliphatic carbocycles. The van der Waals surface area contributed by atoms with E-state index in [-0.39, 0.29) is 5.91 Å². The van der Waals surface area contributed by atoms with Crippen LogP contribution in [0.3, 0.4) is 0 Å². The van der Waals surface area contributed by atoms with Gasteiger partial charge in [0.2, 0.25) is 5.91 Å². The molecular formula is C15H24N2O2. The zero-order valence-electron chi connectivity index (χ0n) is 12.0. The van der Waals surface area contributed by atoms with Crippen LogP contribution in [0.15, 0.2) is 24.3 Å². The summed E-state index contributed by atoms with van der Waals surface area (Å²) in [4.78, 5) is 11.8. The second-order valence-corrected chi connectivity index (χ2v) is 5.15. The van der Waals surface area contributed by atoms with E-state index in [1.165, 1.54) is 0 Å². The zero-order chi connectivity index (χ0) is 14.3. The number of rotatable bonds is 7. The van der Waals surface area contributed by atoms with Crippen LogP contribution in [0.5, 0.6) is 0 Å². The third-order valence-corrected chi connectivity index (χ3v) is 2.72. The van der Waals surface area contributed by atoms with E-state index in [0.717, 1.165) is 11.1 Å². The van der Waals surface area contributed by atoms with E-state index in [2.05, 4.69) is 19.2 Å². The lowest BCUT2D eigenvalue weighted by molar-refractivity contribution is -0.122. The molecule has 4 heteroatoms. The molecule has 3 N–H and O–H groups in total. The van der Waals surface area contributed by atoms with Gasteiger partial charge in [-0.25, -0.2) is 0 Å². The maximum atomic E-state index is 11.8. The number of hydrogen-bond donors (Lipinski definition) is 2. The number of nitrogens with one attached hydrogen (secondary N) is 1. The van der Waals surface area contributed by atoms with Crippen LogP contribution in [0, 0.1) is 12.8 Å². The van der Waals surface area contributed by atoms with E-state index < -0.39 is 6.04 Å². The Morgan fingerprint density at radius 2 is 1.95 bits per heavy atom. The molecule has 106 valence electrons. The second-order valence-electron chi connectivity index (χ2n) is 5.15. The fraction of sp³-hybridized carbons (Fsp3) is 0.533. The topological polar surface area (TPSA) is 64.4 Å². The molecule has 1 aromatic rings. The van der Waals surface area contributed by atoms with Crippen LogP contribution in [-0.2, 0) is 9.53 Å². The molecular weight excluding hydrogens is 240 g/mol. The van der Waals surface area contributed by atoms with Crippen molar-refractivity contribution in [3.63, 3.8) is 0 Å². The van der Waals surface area contributed by atoms with Gasteiger partial charge in [0.1, 0.15) is 6.04 Å². The molecule has 1 unspecified atom stereocenters. The lowest BCUT2D eigenvalue weighted by Gasteiger charge is -2.13. The minimum absolute atomic E-state index is 0.169. The third kappa shape index (κ3) is 5.85. The molecule has 1 amide bonds. The Kier molecular flexibility index (Phi) is 6.53. The lowest BCUT2D eigenvalue weighted by atomic mass is 10.1. The van der Waals surface area contributed by atoms with Crippen molar-refractivity contribution in [3.05, 3.63) is 35.4 Å². The van der Waals surface area contributed by atoms with E-state index in [0.29, 0.717) is 25.7 Å². The Hall–Kier alpha value is -1.39. The van der Waals surface area contributed by atoms with Gasteiger partial charge in [0, 0.05) is 13.2 Å². The number of hydrogen-bond acceptors (Lipinski definition) is 3. The van der Waals surface area contributed by atoms with E-state index in [1.807, 2.05) is 31.2 Å². The summed E-state index contributed by atoms with van der Waals surface area (Å²) in [5.74, 6) is 0.336. The first-order chi connectivity index (χ1) is 9.00. The molecule has 0 aliphatic rings. The SMILES string of the molecule is Cc1ccc(C(N)C(=O)NCCOCC(C)C)cc1. The first-order valence-electron chi connectivity index (χ1n) is 6.68. The van der Waals surface area contributed by atoms with Crippen LogP contribution in [0.2, 0.25) is 0 Å². The largest absolute Gasteiger partial charge is 0.379 e. The van der Waals surface area contributed by atoms with Crippen LogP contribution in [0.25, 0.3) is 0 Å². The number of ether oxygens (including phenoxy) is 1. The molecule has 19 heavy (non-hydrogen) atoms. The molecule has 0 fully saturated rings. The van der Waals surface area contributed by atoms with Crippen molar-refractivity contribution in [2.45, 2.75) is 26.8 Å². The molecule has 0 saturated carbocycles. The number of carbonyl (C=O) groups is 1. The van der Waals surface area contributed by atoms with Gasteiger partial charge >= 0.3 is 0 Å². The summed E-state index contributed by atoms with van der Waals surface area (Å²) in [6, 6.07) is 7.05. The van der Waals surface area contributed by atoms with Crippen LogP contribution in [0.4, 0.5) is 0 Å². The molecule has 1 aromatic carbocycles. The first kappa shape index (κ1) is 15.7. The zero-order valence-corrected chi connectivity index (χ0v) is 12.0. The molecule has 0 radical (unpaired) electrons. The fourth-order valence-corrected chi connectivity index (χ4v) is 1.60. The Balaban J connectivity index is 2.31. The molecule has 0 spiro atoms. The molecule has 1 rings (SSSR count). The van der Waals surface area contributed by atoms with Crippen molar-refractivity contribution < 1.29 is 9.53 Å². The highest BCUT2D eigenvalue weighted by Crippen LogP contribution is 2.11. The Morgan fingerprint density at radius 3 is 2.53 bits per heavy atom. The van der Waals surface area contributed by atoms with Gasteiger partial charge in [-0.1, -0.05) is 43.7 Å². The van der Waals surface area contributed by atoms with Gasteiger partial charge in [-0.05, 0) is 18.4 Å². The summed E-state index contributed by atoms with van der Waals surface area (Å²) < 4.78 is 5.39. The lowest BCUT2D eigenvalue weighted by Crippen LogP contribution is -2.36. The maximum Gasteiger partial charge on any atom is 0.241 e. The molecule has 0 bridgehead atoms. The van der Waals surface area contributed by atoms with Crippen molar-refractivity contribution in [3.8, 4) is 0 Å². The van der Waals surface area contributed by atoms with Crippen LogP contribution in [-0.4, -0.2) is 25.7 Å². The number of benzene rings is 1. The quantitative estimate of drug-likeness (QED) is 0.738. The summed E-state index contributed by atoms with van der Waals surface area (Å²) in [5, 5.41) is 2.78. The number of carbonyl (C=O) groups excluding carboxylic acids is 1. The van der Waals surface area contributed by atoms with Gasteiger partial charge in [0.25, 0.3) is 0 Å². The summed E-state index contributed by atoms with van der Waals surface area (Å²) in [5.41, 5.74) is 7.88. The van der Waals surface area contributed by atoms with E-state index in [9.17, 15) is 4.79 Å². The molecule has 0 heterocycles.